The third-order valence-corrected chi connectivity index (χ3v) is 9.53. The summed E-state index contributed by atoms with van der Waals surface area (Å²) < 4.78 is 6.47. The Morgan fingerprint density at radius 3 is 1.60 bits per heavy atom. The molecule has 0 unspecified atom stereocenters. The maximum absolute atomic E-state index is 11.7. The molecule has 1 heterocycles. The van der Waals surface area contributed by atoms with E-state index in [2.05, 4.69) is 60.7 Å². The van der Waals surface area contributed by atoms with Crippen LogP contribution in [0.1, 0.15) is 5.56 Å². The molecule has 47 heavy (non-hydrogen) atoms. The van der Waals surface area contributed by atoms with Gasteiger partial charge in [0.05, 0.1) is 0 Å². The van der Waals surface area contributed by atoms with Crippen LogP contribution >= 0.6 is 0 Å². The lowest BCUT2D eigenvalue weighted by atomic mass is 9.82. The number of furan rings is 1. The van der Waals surface area contributed by atoms with Crippen LogP contribution in [0.4, 0.5) is 0 Å². The van der Waals surface area contributed by atoms with Gasteiger partial charge in [-0.2, -0.15) is 0 Å². The van der Waals surface area contributed by atoms with E-state index in [1.165, 1.54) is 5.39 Å². The number of aromatic hydroxyl groups is 3. The molecule has 3 N–H and O–H groups in total. The number of phenolic OH excluding ortho intramolecular Hbond substituents is 3. The summed E-state index contributed by atoms with van der Waals surface area (Å²) in [6, 6.07) is 44.7. The molecule has 4 heteroatoms. The Bertz CT molecular complexity index is 2660. The van der Waals surface area contributed by atoms with Crippen LogP contribution in [-0.2, 0) is 0 Å². The van der Waals surface area contributed by atoms with Crippen LogP contribution in [0.15, 0.2) is 138 Å². The Morgan fingerprint density at radius 1 is 0.383 bits per heavy atom. The monoisotopic (exact) mass is 608 g/mol. The molecule has 0 spiro atoms. The highest BCUT2D eigenvalue weighted by Crippen LogP contribution is 2.55. The maximum atomic E-state index is 11.7. The van der Waals surface area contributed by atoms with E-state index in [0.717, 1.165) is 71.1 Å². The molecule has 0 fully saturated rings. The van der Waals surface area contributed by atoms with Crippen molar-refractivity contribution in [3.63, 3.8) is 0 Å². The molecule has 8 aromatic carbocycles. The minimum Gasteiger partial charge on any atom is -0.507 e. The van der Waals surface area contributed by atoms with Crippen molar-refractivity contribution in [1.82, 2.24) is 0 Å². The summed E-state index contributed by atoms with van der Waals surface area (Å²) >= 11 is 0. The highest BCUT2D eigenvalue weighted by Gasteiger charge is 2.27. The Morgan fingerprint density at radius 2 is 0.936 bits per heavy atom. The molecule has 0 radical (unpaired) electrons. The third kappa shape index (κ3) is 3.95. The van der Waals surface area contributed by atoms with Crippen LogP contribution in [0.5, 0.6) is 17.2 Å². The van der Waals surface area contributed by atoms with E-state index < -0.39 is 0 Å². The lowest BCUT2D eigenvalue weighted by molar-refractivity contribution is 0.394. The summed E-state index contributed by atoms with van der Waals surface area (Å²) in [5, 5.41) is 42.4. The van der Waals surface area contributed by atoms with E-state index in [1.54, 1.807) is 6.92 Å². The van der Waals surface area contributed by atoms with Crippen molar-refractivity contribution in [2.24, 2.45) is 0 Å². The van der Waals surface area contributed by atoms with Gasteiger partial charge in [-0.15, -0.1) is 0 Å². The van der Waals surface area contributed by atoms with Gasteiger partial charge in [-0.25, -0.2) is 0 Å². The van der Waals surface area contributed by atoms with Gasteiger partial charge in [-0.05, 0) is 80.2 Å². The Balaban J connectivity index is 1.38. The molecular formula is C43H28O4. The second-order valence-electron chi connectivity index (χ2n) is 12.1. The van der Waals surface area contributed by atoms with Crippen LogP contribution in [0.3, 0.4) is 0 Å². The van der Waals surface area contributed by atoms with Gasteiger partial charge >= 0.3 is 0 Å². The molecule has 9 aromatic rings. The topological polar surface area (TPSA) is 73.8 Å². The standard InChI is InChI=1S/C43H28O4/c1-24-41(44)38(25-11-3-2-4-12-25)40(43(46)42(24)45)39-32-17-9-7-15-30(32)37(31-16-8-10-18-33(31)39)28-19-20-29-34-21-26-13-5-6-14-27(26)22-36(34)47-35(29)23-28/h2-23,44-46H,1H3. The first-order valence-corrected chi connectivity index (χ1v) is 15.6. The minimum atomic E-state index is -0.336. The first-order valence-electron chi connectivity index (χ1n) is 15.6. The highest BCUT2D eigenvalue weighted by atomic mass is 16.3. The number of phenols is 3. The van der Waals surface area contributed by atoms with Gasteiger partial charge in [-0.3, -0.25) is 0 Å². The van der Waals surface area contributed by atoms with Gasteiger partial charge in [0.1, 0.15) is 16.9 Å². The molecule has 4 nitrogen and oxygen atoms in total. The molecule has 0 atom stereocenters. The van der Waals surface area contributed by atoms with Crippen molar-refractivity contribution in [3.05, 3.63) is 139 Å². The zero-order valence-corrected chi connectivity index (χ0v) is 25.5. The van der Waals surface area contributed by atoms with Crippen LogP contribution in [-0.4, -0.2) is 15.3 Å². The lowest BCUT2D eigenvalue weighted by Crippen LogP contribution is -1.95. The average molecular weight is 609 g/mol. The SMILES string of the molecule is Cc1c(O)c(O)c(-c2c3ccccc3c(-c3ccc4c(c3)oc3cc5ccccc5cc34)c3ccccc23)c(-c2ccccc2)c1O. The van der Waals surface area contributed by atoms with Crippen LogP contribution in [0.2, 0.25) is 0 Å². The van der Waals surface area contributed by atoms with Crippen molar-refractivity contribution >= 4 is 54.3 Å². The number of rotatable bonds is 3. The van der Waals surface area contributed by atoms with Gasteiger partial charge in [-0.1, -0.05) is 109 Å². The Labute approximate surface area is 270 Å². The molecule has 0 aliphatic carbocycles. The third-order valence-electron chi connectivity index (χ3n) is 9.53. The summed E-state index contributed by atoms with van der Waals surface area (Å²) in [6.07, 6.45) is 0. The number of fused-ring (bicyclic) bond motifs is 6. The second kappa shape index (κ2) is 10.1. The average Bonchev–Trinajstić information content (AvgIpc) is 3.47. The summed E-state index contributed by atoms with van der Waals surface area (Å²) in [5.41, 5.74) is 6.25. The van der Waals surface area contributed by atoms with E-state index in [4.69, 9.17) is 4.42 Å². The first-order chi connectivity index (χ1) is 23.0. The normalized spacial score (nSPS) is 11.8. The minimum absolute atomic E-state index is 0.0678. The zero-order valence-electron chi connectivity index (χ0n) is 25.5. The fourth-order valence-corrected chi connectivity index (χ4v) is 7.29. The number of hydrogen-bond donors (Lipinski definition) is 3. The molecule has 0 saturated heterocycles. The van der Waals surface area contributed by atoms with Gasteiger partial charge in [0.15, 0.2) is 11.5 Å². The molecule has 0 aliphatic rings. The first kappa shape index (κ1) is 27.1. The van der Waals surface area contributed by atoms with Crippen molar-refractivity contribution < 1.29 is 19.7 Å². The highest BCUT2D eigenvalue weighted by molar-refractivity contribution is 6.24. The van der Waals surface area contributed by atoms with E-state index >= 15 is 0 Å². The molecule has 9 rings (SSSR count). The fraction of sp³-hybridized carbons (Fsp3) is 0.0233. The van der Waals surface area contributed by atoms with Gasteiger partial charge in [0, 0.05) is 33.0 Å². The smallest absolute Gasteiger partial charge is 0.166 e. The molecule has 0 aliphatic heterocycles. The van der Waals surface area contributed by atoms with Crippen molar-refractivity contribution in [1.29, 1.82) is 0 Å². The van der Waals surface area contributed by atoms with Crippen LogP contribution < -0.4 is 0 Å². The fourth-order valence-electron chi connectivity index (χ4n) is 7.29. The molecule has 0 bridgehead atoms. The summed E-state index contributed by atoms with van der Waals surface area (Å²) in [7, 11) is 0. The largest absolute Gasteiger partial charge is 0.507 e. The van der Waals surface area contributed by atoms with E-state index in [-0.39, 0.29) is 22.8 Å². The predicted molar refractivity (Wildman–Crippen MR) is 192 cm³/mol. The zero-order chi connectivity index (χ0) is 31.8. The van der Waals surface area contributed by atoms with Crippen molar-refractivity contribution in [3.8, 4) is 50.6 Å². The van der Waals surface area contributed by atoms with Gasteiger partial charge < -0.3 is 19.7 Å². The Kier molecular flexibility index (Phi) is 5.84. The molecule has 224 valence electrons. The summed E-state index contributed by atoms with van der Waals surface area (Å²) in [4.78, 5) is 0. The molecule has 0 amide bonds. The van der Waals surface area contributed by atoms with Crippen molar-refractivity contribution in [2.45, 2.75) is 6.92 Å². The van der Waals surface area contributed by atoms with E-state index in [1.807, 2.05) is 72.8 Å². The van der Waals surface area contributed by atoms with Crippen LogP contribution in [0, 0.1) is 6.92 Å². The molecule has 1 aromatic heterocycles. The van der Waals surface area contributed by atoms with E-state index in [9.17, 15) is 15.3 Å². The Hall–Kier alpha value is -6.26. The predicted octanol–water partition coefficient (Wildman–Crippen LogP) is 11.5. The van der Waals surface area contributed by atoms with Gasteiger partial charge in [0.25, 0.3) is 0 Å². The number of benzene rings is 8. The number of hydrogen-bond acceptors (Lipinski definition) is 4. The van der Waals surface area contributed by atoms with E-state index in [0.29, 0.717) is 11.1 Å². The summed E-state index contributed by atoms with van der Waals surface area (Å²) in [5.74, 6) is -0.669. The lowest BCUT2D eigenvalue weighted by Gasteiger charge is -2.22. The quantitative estimate of drug-likeness (QED) is 0.106. The summed E-state index contributed by atoms with van der Waals surface area (Å²) in [6.45, 7) is 1.61. The van der Waals surface area contributed by atoms with Crippen LogP contribution in [0.25, 0.3) is 87.6 Å². The molecule has 0 saturated carbocycles. The van der Waals surface area contributed by atoms with Gasteiger partial charge in [0.2, 0.25) is 0 Å². The second-order valence-corrected chi connectivity index (χ2v) is 12.1. The van der Waals surface area contributed by atoms with Crippen molar-refractivity contribution in [2.75, 3.05) is 0 Å². The molecular weight excluding hydrogens is 580 g/mol. The maximum Gasteiger partial charge on any atom is 0.166 e.